The van der Waals surface area contributed by atoms with Gasteiger partial charge in [0, 0.05) is 13.0 Å². The van der Waals surface area contributed by atoms with Crippen LogP contribution in [0.1, 0.15) is 40.7 Å². The van der Waals surface area contributed by atoms with Gasteiger partial charge in [0.15, 0.2) is 11.5 Å². The van der Waals surface area contributed by atoms with Gasteiger partial charge in [-0.2, -0.15) is 0 Å². The van der Waals surface area contributed by atoms with Gasteiger partial charge >= 0.3 is 5.97 Å². The molecular weight excluding hydrogens is 420 g/mol. The van der Waals surface area contributed by atoms with Crippen LogP contribution >= 0.6 is 0 Å². The molecule has 178 valence electrons. The fourth-order valence-corrected chi connectivity index (χ4v) is 3.24. The molecule has 2 aromatic rings. The minimum absolute atomic E-state index is 0.00844. The minimum Gasteiger partial charge on any atom is -0.493 e. The third-order valence-corrected chi connectivity index (χ3v) is 5.06. The van der Waals surface area contributed by atoms with E-state index in [2.05, 4.69) is 21.4 Å². The van der Waals surface area contributed by atoms with E-state index in [4.69, 9.17) is 9.47 Å². The van der Waals surface area contributed by atoms with Crippen molar-refractivity contribution in [3.63, 3.8) is 0 Å². The lowest BCUT2D eigenvalue weighted by Crippen LogP contribution is -2.27. The van der Waals surface area contributed by atoms with E-state index in [9.17, 15) is 9.59 Å². The number of carbonyl (C=O) groups excluding carboxylic acids is 2. The lowest BCUT2D eigenvalue weighted by Gasteiger charge is -2.10. The van der Waals surface area contributed by atoms with Crippen LogP contribution in [-0.2, 0) is 16.0 Å². The summed E-state index contributed by atoms with van der Waals surface area (Å²) in [6, 6.07) is 13.0. The third-order valence-electron chi connectivity index (χ3n) is 5.06. The highest BCUT2D eigenvalue weighted by Gasteiger charge is 2.05. The fraction of sp³-hybridized carbons (Fsp3) is 0.385. The lowest BCUT2D eigenvalue weighted by atomic mass is 10.1. The summed E-state index contributed by atoms with van der Waals surface area (Å²) in [7, 11) is 4.63. The van der Waals surface area contributed by atoms with Crippen molar-refractivity contribution in [1.29, 1.82) is 0 Å². The third kappa shape index (κ3) is 9.37. The second kappa shape index (κ2) is 14.7. The molecule has 0 atom stereocenters. The Morgan fingerprint density at radius 3 is 2.30 bits per heavy atom. The molecule has 33 heavy (non-hydrogen) atoms. The van der Waals surface area contributed by atoms with Gasteiger partial charge in [0.1, 0.15) is 0 Å². The summed E-state index contributed by atoms with van der Waals surface area (Å²) in [5.74, 6) is 1.12. The quantitative estimate of drug-likeness (QED) is 0.335. The maximum atomic E-state index is 11.9. The SMILES string of the molecule is COC(=O)c1ccc(/C=C/CC(=O)NCCCNCCCc2ccc(OC)c(OC)c2)cc1. The van der Waals surface area contributed by atoms with Crippen LogP contribution in [0.5, 0.6) is 11.5 Å². The number of amides is 1. The Balaban J connectivity index is 1.53. The predicted octanol–water partition coefficient (Wildman–Crippen LogP) is 3.62. The number of nitrogens with one attached hydrogen (secondary N) is 2. The van der Waals surface area contributed by atoms with Gasteiger partial charge in [0.2, 0.25) is 5.91 Å². The molecule has 0 heterocycles. The van der Waals surface area contributed by atoms with Gasteiger partial charge < -0.3 is 24.8 Å². The summed E-state index contributed by atoms with van der Waals surface area (Å²) in [5, 5.41) is 6.33. The largest absolute Gasteiger partial charge is 0.493 e. The summed E-state index contributed by atoms with van der Waals surface area (Å²) >= 11 is 0. The number of carbonyl (C=O) groups is 2. The van der Waals surface area contributed by atoms with E-state index in [0.717, 1.165) is 49.4 Å². The predicted molar refractivity (Wildman–Crippen MR) is 130 cm³/mol. The van der Waals surface area contributed by atoms with Crippen molar-refractivity contribution < 1.29 is 23.8 Å². The number of methoxy groups -OCH3 is 3. The van der Waals surface area contributed by atoms with Crippen molar-refractivity contribution in [2.45, 2.75) is 25.7 Å². The first kappa shape index (κ1) is 25.9. The summed E-state index contributed by atoms with van der Waals surface area (Å²) in [5.41, 5.74) is 2.64. The van der Waals surface area contributed by atoms with Crippen LogP contribution in [-0.4, -0.2) is 52.8 Å². The normalized spacial score (nSPS) is 10.8. The number of benzene rings is 2. The summed E-state index contributed by atoms with van der Waals surface area (Å²) in [6.45, 7) is 2.41. The molecule has 2 rings (SSSR count). The zero-order valence-corrected chi connectivity index (χ0v) is 19.7. The van der Waals surface area contributed by atoms with Crippen molar-refractivity contribution in [2.75, 3.05) is 41.0 Å². The highest BCUT2D eigenvalue weighted by Crippen LogP contribution is 2.27. The van der Waals surface area contributed by atoms with Crippen LogP contribution in [0.2, 0.25) is 0 Å². The molecule has 0 fully saturated rings. The van der Waals surface area contributed by atoms with Crippen molar-refractivity contribution in [3.8, 4) is 11.5 Å². The highest BCUT2D eigenvalue weighted by atomic mass is 16.5. The Bertz CT molecular complexity index is 909. The summed E-state index contributed by atoms with van der Waals surface area (Å²) < 4.78 is 15.3. The average Bonchev–Trinajstić information content (AvgIpc) is 2.85. The first-order valence-corrected chi connectivity index (χ1v) is 11.1. The molecule has 0 aromatic heterocycles. The fourth-order valence-electron chi connectivity index (χ4n) is 3.24. The molecule has 0 aliphatic heterocycles. The molecule has 0 spiro atoms. The lowest BCUT2D eigenvalue weighted by molar-refractivity contribution is -0.120. The topological polar surface area (TPSA) is 85.9 Å². The van der Waals surface area contributed by atoms with E-state index in [1.807, 2.05) is 36.4 Å². The number of aryl methyl sites for hydroxylation is 1. The van der Waals surface area contributed by atoms with Crippen LogP contribution in [0.3, 0.4) is 0 Å². The maximum absolute atomic E-state index is 11.9. The van der Waals surface area contributed by atoms with E-state index >= 15 is 0 Å². The van der Waals surface area contributed by atoms with Crippen molar-refractivity contribution in [3.05, 3.63) is 65.2 Å². The van der Waals surface area contributed by atoms with E-state index in [1.54, 1.807) is 26.4 Å². The molecule has 7 heteroatoms. The Morgan fingerprint density at radius 2 is 1.61 bits per heavy atom. The van der Waals surface area contributed by atoms with Crippen LogP contribution in [0.25, 0.3) is 6.08 Å². The van der Waals surface area contributed by atoms with Gasteiger partial charge in [-0.05, 0) is 67.7 Å². The monoisotopic (exact) mass is 454 g/mol. The molecule has 0 saturated heterocycles. The molecule has 0 aliphatic rings. The molecule has 7 nitrogen and oxygen atoms in total. The first-order valence-electron chi connectivity index (χ1n) is 11.1. The van der Waals surface area contributed by atoms with Crippen LogP contribution in [0.15, 0.2) is 48.5 Å². The number of esters is 1. The molecule has 0 unspecified atom stereocenters. The van der Waals surface area contributed by atoms with Gasteiger partial charge in [-0.3, -0.25) is 4.79 Å². The van der Waals surface area contributed by atoms with Gasteiger partial charge in [-0.15, -0.1) is 0 Å². The number of hydrogen-bond acceptors (Lipinski definition) is 6. The summed E-state index contributed by atoms with van der Waals surface area (Å²) in [4.78, 5) is 23.4. The second-order valence-electron chi connectivity index (χ2n) is 7.47. The van der Waals surface area contributed by atoms with Crippen LogP contribution in [0, 0.1) is 0 Å². The molecule has 2 N–H and O–H groups in total. The van der Waals surface area contributed by atoms with Crippen molar-refractivity contribution >= 4 is 18.0 Å². The first-order chi connectivity index (χ1) is 16.1. The maximum Gasteiger partial charge on any atom is 0.337 e. The van der Waals surface area contributed by atoms with Gasteiger partial charge in [0.25, 0.3) is 0 Å². The van der Waals surface area contributed by atoms with Crippen LogP contribution < -0.4 is 20.1 Å². The Hall–Kier alpha value is -3.32. The molecule has 0 saturated carbocycles. The van der Waals surface area contributed by atoms with Crippen molar-refractivity contribution in [1.82, 2.24) is 10.6 Å². The number of rotatable bonds is 14. The Morgan fingerprint density at radius 1 is 0.879 bits per heavy atom. The Kier molecular flexibility index (Phi) is 11.5. The molecular formula is C26H34N2O5. The minimum atomic E-state index is -0.364. The molecule has 0 bridgehead atoms. The van der Waals surface area contributed by atoms with Gasteiger partial charge in [0.05, 0.1) is 26.9 Å². The molecule has 0 radical (unpaired) electrons. The zero-order chi connectivity index (χ0) is 23.9. The van der Waals surface area contributed by atoms with Gasteiger partial charge in [-0.1, -0.05) is 30.4 Å². The van der Waals surface area contributed by atoms with Crippen LogP contribution in [0.4, 0.5) is 0 Å². The van der Waals surface area contributed by atoms with E-state index in [0.29, 0.717) is 18.5 Å². The average molecular weight is 455 g/mol. The second-order valence-corrected chi connectivity index (χ2v) is 7.47. The van der Waals surface area contributed by atoms with E-state index in [1.165, 1.54) is 12.7 Å². The smallest absolute Gasteiger partial charge is 0.337 e. The number of ether oxygens (including phenoxy) is 3. The highest BCUT2D eigenvalue weighted by molar-refractivity contribution is 5.89. The molecule has 1 amide bonds. The molecule has 2 aromatic carbocycles. The van der Waals surface area contributed by atoms with E-state index < -0.39 is 0 Å². The molecule has 0 aliphatic carbocycles. The zero-order valence-electron chi connectivity index (χ0n) is 19.7. The van der Waals surface area contributed by atoms with Crippen molar-refractivity contribution in [2.24, 2.45) is 0 Å². The summed E-state index contributed by atoms with van der Waals surface area (Å²) in [6.07, 6.45) is 6.85. The van der Waals surface area contributed by atoms with E-state index in [-0.39, 0.29) is 11.9 Å². The standard InChI is InChI=1S/C26H34N2O5/c1-31-23-15-12-21(19-24(23)32-2)8-5-16-27-17-6-18-28-25(29)9-4-7-20-10-13-22(14-11-20)26(30)33-3/h4,7,10-15,19,27H,5-6,8-9,16-18H2,1-3H3,(H,28,29)/b7-4+. The Labute approximate surface area is 196 Å². The van der Waals surface area contributed by atoms with Gasteiger partial charge in [-0.25, -0.2) is 4.79 Å². The number of hydrogen-bond donors (Lipinski definition) is 2.